The summed E-state index contributed by atoms with van der Waals surface area (Å²) in [6.45, 7) is 4.82. The van der Waals surface area contributed by atoms with Crippen molar-refractivity contribution in [3.63, 3.8) is 0 Å². The van der Waals surface area contributed by atoms with Crippen molar-refractivity contribution in [3.05, 3.63) is 64.6 Å². The van der Waals surface area contributed by atoms with Gasteiger partial charge in [-0.25, -0.2) is 4.79 Å². The summed E-state index contributed by atoms with van der Waals surface area (Å²) >= 11 is 0. The van der Waals surface area contributed by atoms with Crippen LogP contribution in [0.1, 0.15) is 35.2 Å². The van der Waals surface area contributed by atoms with Crippen LogP contribution in [0.4, 0.5) is 0 Å². The van der Waals surface area contributed by atoms with E-state index in [1.807, 2.05) is 0 Å². The van der Waals surface area contributed by atoms with Gasteiger partial charge in [-0.2, -0.15) is 0 Å². The lowest BCUT2D eigenvalue weighted by Crippen LogP contribution is -2.74. The number of primary amides is 1. The molecule has 3 aliphatic carbocycles. The van der Waals surface area contributed by atoms with Crippen molar-refractivity contribution >= 4 is 23.4 Å². The molecule has 0 aliphatic heterocycles. The lowest BCUT2D eigenvalue weighted by atomic mass is 9.54. The number of hydrogen-bond acceptors (Lipinski definition) is 10. The number of aliphatic hydroxyl groups excluding tert-OH is 2. The Bertz CT molecular complexity index is 1260. The Kier molecular flexibility index (Phi) is 4.96. The molecule has 1 amide bonds. The number of hydrogen-bond donors (Lipinski definition) is 6. The highest BCUT2D eigenvalue weighted by Crippen LogP contribution is 2.57. The van der Waals surface area contributed by atoms with Crippen LogP contribution >= 0.6 is 0 Å². The average molecular weight is 471 g/mol. The van der Waals surface area contributed by atoms with Crippen molar-refractivity contribution in [3.8, 4) is 5.75 Å². The number of carbonyl (C=O) groups excluding carboxylic acids is 4. The van der Waals surface area contributed by atoms with E-state index < -0.39 is 87.4 Å². The molecule has 1 aromatic carbocycles. The largest absolute Gasteiger partial charge is 0.511 e. The Morgan fingerprint density at radius 2 is 1.85 bits per heavy atom. The number of ketones is 2. The van der Waals surface area contributed by atoms with Crippen LogP contribution in [0, 0.1) is 5.92 Å². The molecule has 0 unspecified atom stereocenters. The van der Waals surface area contributed by atoms with Gasteiger partial charge in [0.2, 0.25) is 11.4 Å². The van der Waals surface area contributed by atoms with Crippen molar-refractivity contribution in [2.75, 3.05) is 0 Å². The molecule has 0 heterocycles. The lowest BCUT2D eigenvalue weighted by molar-refractivity contribution is -0.228. The molecule has 0 saturated heterocycles. The molecule has 7 N–H and O–H groups in total. The van der Waals surface area contributed by atoms with Gasteiger partial charge in [0.1, 0.15) is 28.9 Å². The fourth-order valence-corrected chi connectivity index (χ4v) is 5.28. The van der Waals surface area contributed by atoms with E-state index >= 15 is 0 Å². The summed E-state index contributed by atoms with van der Waals surface area (Å²) in [5.74, 6) is -10.1. The molecule has 0 bridgehead atoms. The second kappa shape index (κ2) is 7.27. The zero-order valence-electron chi connectivity index (χ0n) is 17.8. The molecular weight excluding hydrogens is 450 g/mol. The van der Waals surface area contributed by atoms with E-state index in [2.05, 4.69) is 6.58 Å². The Balaban J connectivity index is 2.10. The Morgan fingerprint density at radius 3 is 2.44 bits per heavy atom. The highest BCUT2D eigenvalue weighted by molar-refractivity contribution is 6.25. The molecule has 5 atom stereocenters. The van der Waals surface area contributed by atoms with Crippen molar-refractivity contribution in [2.45, 2.75) is 36.6 Å². The number of amides is 1. The third-order valence-corrected chi connectivity index (χ3v) is 6.87. The van der Waals surface area contributed by atoms with Crippen LogP contribution < -0.4 is 5.73 Å². The van der Waals surface area contributed by atoms with Crippen LogP contribution in [-0.2, 0) is 19.1 Å². The summed E-state index contributed by atoms with van der Waals surface area (Å²) < 4.78 is 5.32. The second-order valence-corrected chi connectivity index (χ2v) is 8.54. The quantitative estimate of drug-likeness (QED) is 0.197. The smallest absolute Gasteiger partial charge is 0.330 e. The number of phenols is 1. The number of aliphatic hydroxyl groups is 4. The summed E-state index contributed by atoms with van der Waals surface area (Å²) in [5.41, 5.74) is -2.77. The number of Topliss-reactive ketones (excluding diaryl/α,β-unsaturated/α-hetero) is 2. The highest BCUT2D eigenvalue weighted by atomic mass is 16.6. The van der Waals surface area contributed by atoms with E-state index in [0.717, 1.165) is 6.08 Å². The zero-order valence-corrected chi connectivity index (χ0v) is 17.8. The van der Waals surface area contributed by atoms with Crippen molar-refractivity contribution in [2.24, 2.45) is 11.7 Å². The van der Waals surface area contributed by atoms with Crippen LogP contribution in [-0.4, -0.2) is 66.3 Å². The number of carbonyl (C=O) groups is 4. The minimum atomic E-state index is -3.39. The monoisotopic (exact) mass is 471 g/mol. The van der Waals surface area contributed by atoms with Gasteiger partial charge in [0, 0.05) is 24.0 Å². The molecule has 0 saturated carbocycles. The number of benzene rings is 1. The van der Waals surface area contributed by atoms with E-state index in [0.29, 0.717) is 5.56 Å². The Labute approximate surface area is 192 Å². The normalized spacial score (nSPS) is 32.5. The Hall–Kier alpha value is -3.96. The van der Waals surface area contributed by atoms with E-state index in [9.17, 15) is 44.7 Å². The zero-order chi connectivity index (χ0) is 25.3. The molecule has 0 aromatic heterocycles. The predicted octanol–water partition coefficient (Wildman–Crippen LogP) is -0.0359. The van der Waals surface area contributed by atoms with Gasteiger partial charge in [-0.05, 0) is 17.5 Å². The molecular formula is C23H21NO10. The number of rotatable bonds is 3. The van der Waals surface area contributed by atoms with Crippen LogP contribution in [0.25, 0.3) is 0 Å². The minimum Gasteiger partial charge on any atom is -0.511 e. The summed E-state index contributed by atoms with van der Waals surface area (Å²) in [6.07, 6.45) is -2.17. The fraction of sp³-hybridized carbons (Fsp3) is 0.304. The number of ether oxygens (including phenoxy) is 1. The molecule has 1 aromatic rings. The van der Waals surface area contributed by atoms with Gasteiger partial charge in [-0.3, -0.25) is 14.4 Å². The average Bonchev–Trinajstić information content (AvgIpc) is 2.76. The molecule has 178 valence electrons. The van der Waals surface area contributed by atoms with E-state index in [4.69, 9.17) is 10.5 Å². The van der Waals surface area contributed by atoms with Crippen molar-refractivity contribution in [1.82, 2.24) is 0 Å². The van der Waals surface area contributed by atoms with E-state index in [1.54, 1.807) is 6.92 Å². The van der Waals surface area contributed by atoms with Gasteiger partial charge >= 0.3 is 5.97 Å². The maximum atomic E-state index is 13.4. The maximum absolute atomic E-state index is 13.4. The first-order valence-electron chi connectivity index (χ1n) is 10.2. The molecule has 11 nitrogen and oxygen atoms in total. The summed E-state index contributed by atoms with van der Waals surface area (Å²) in [7, 11) is 0. The molecule has 34 heavy (non-hydrogen) atoms. The first kappa shape index (κ1) is 23.2. The SMILES string of the molecule is C=CC(=O)O[C@H]1[C@H]2C(=C(O)[C@]3(O)C(=O)C(C(N)=O)=C(O)C[C@]13O)C(=O)c1c(O)cccc1[C@@H]2C. The van der Waals surface area contributed by atoms with Crippen LogP contribution in [0.3, 0.4) is 0 Å². The standard InChI is InChI=1S/C23H21NO10/c1-3-12(27)34-20-13-8(2)9-5-4-6-10(25)14(9)17(28)16(13)19(30)23(33)18(29)15(21(24)31)11(26)7-22(20,23)32/h3-6,8,13,20,25-26,30,32-33H,1,7H2,2H3,(H2,24,31)/t8-,13+,20-,22-,23+/m0/s1. The van der Waals surface area contributed by atoms with Gasteiger partial charge in [-0.1, -0.05) is 25.6 Å². The lowest BCUT2D eigenvalue weighted by Gasteiger charge is -2.55. The molecule has 0 spiro atoms. The Morgan fingerprint density at radius 1 is 1.21 bits per heavy atom. The summed E-state index contributed by atoms with van der Waals surface area (Å²) in [6, 6.07) is 4.20. The first-order valence-corrected chi connectivity index (χ1v) is 10.2. The maximum Gasteiger partial charge on any atom is 0.330 e. The number of esters is 1. The predicted molar refractivity (Wildman–Crippen MR) is 112 cm³/mol. The molecule has 4 rings (SSSR count). The van der Waals surface area contributed by atoms with Crippen LogP contribution in [0.15, 0.2) is 53.5 Å². The number of fused-ring (bicyclic) bond motifs is 3. The van der Waals surface area contributed by atoms with Gasteiger partial charge < -0.3 is 36.0 Å². The third-order valence-electron chi connectivity index (χ3n) is 6.87. The van der Waals surface area contributed by atoms with Gasteiger partial charge in [0.15, 0.2) is 11.4 Å². The molecule has 0 fully saturated rings. The van der Waals surface area contributed by atoms with Gasteiger partial charge in [0.25, 0.3) is 5.91 Å². The number of aromatic hydroxyl groups is 1. The second-order valence-electron chi connectivity index (χ2n) is 8.54. The van der Waals surface area contributed by atoms with E-state index in [-0.39, 0.29) is 5.56 Å². The molecule has 0 radical (unpaired) electrons. The van der Waals surface area contributed by atoms with Crippen molar-refractivity contribution in [1.29, 1.82) is 0 Å². The van der Waals surface area contributed by atoms with Crippen molar-refractivity contribution < 1.29 is 49.4 Å². The third kappa shape index (κ3) is 2.65. The number of nitrogens with two attached hydrogens (primary N) is 1. The van der Waals surface area contributed by atoms with Gasteiger partial charge in [0.05, 0.1) is 5.56 Å². The topological polar surface area (TPSA) is 205 Å². The summed E-state index contributed by atoms with van der Waals surface area (Å²) in [5, 5.41) is 54.9. The molecule has 3 aliphatic rings. The molecule has 11 heteroatoms. The highest BCUT2D eigenvalue weighted by Gasteiger charge is 2.73. The van der Waals surface area contributed by atoms with E-state index in [1.165, 1.54) is 18.2 Å². The first-order chi connectivity index (χ1) is 15.8. The van der Waals surface area contributed by atoms with Crippen LogP contribution in [0.2, 0.25) is 0 Å². The van der Waals surface area contributed by atoms with Gasteiger partial charge in [-0.15, -0.1) is 0 Å². The number of phenolic OH excluding ortho intramolecular Hbond substituents is 1. The fourth-order valence-electron chi connectivity index (χ4n) is 5.28. The van der Waals surface area contributed by atoms with Crippen LogP contribution in [0.5, 0.6) is 5.75 Å². The minimum absolute atomic E-state index is 0.215. The summed E-state index contributed by atoms with van der Waals surface area (Å²) in [4.78, 5) is 50.6.